The highest BCUT2D eigenvalue weighted by molar-refractivity contribution is 4.81. The fourth-order valence-electron chi connectivity index (χ4n) is 1.33. The predicted octanol–water partition coefficient (Wildman–Crippen LogP) is 1.15. The molecule has 2 heteroatoms. The van der Waals surface area contributed by atoms with Crippen LogP contribution in [0.15, 0.2) is 0 Å². The zero-order valence-corrected chi connectivity index (χ0v) is 7.51. The molecule has 0 aromatic rings. The number of nitrogens with one attached hydrogen (secondary N) is 1. The molecule has 0 amide bonds. The molecule has 1 atom stereocenters. The second kappa shape index (κ2) is 4.07. The first kappa shape index (κ1) is 9.01. The van der Waals surface area contributed by atoms with Crippen molar-refractivity contribution in [1.29, 1.82) is 0 Å². The highest BCUT2D eigenvalue weighted by atomic mass is 16.3. The molecule has 0 spiro atoms. The Labute approximate surface area is 69.0 Å². The molecule has 2 nitrogen and oxygen atoms in total. The summed E-state index contributed by atoms with van der Waals surface area (Å²) in [5, 5.41) is 12.5. The van der Waals surface area contributed by atoms with E-state index >= 15 is 0 Å². The number of aliphatic hydroxyl groups excluding tert-OH is 1. The van der Waals surface area contributed by atoms with Crippen molar-refractivity contribution in [2.75, 3.05) is 6.61 Å². The maximum atomic E-state index is 9.00. The molecule has 1 unspecified atom stereocenters. The summed E-state index contributed by atoms with van der Waals surface area (Å²) in [7, 11) is 0. The molecule has 0 aromatic heterocycles. The van der Waals surface area contributed by atoms with Crippen LogP contribution in [0.5, 0.6) is 0 Å². The van der Waals surface area contributed by atoms with Gasteiger partial charge in [0, 0.05) is 12.1 Å². The summed E-state index contributed by atoms with van der Waals surface area (Å²) in [6, 6.07) is 0.995. The minimum atomic E-state index is 0.272. The van der Waals surface area contributed by atoms with E-state index in [1.54, 1.807) is 0 Å². The third-order valence-electron chi connectivity index (χ3n) is 2.56. The first-order valence-corrected chi connectivity index (χ1v) is 4.61. The standard InChI is InChI=1S/C9H19NO/c1-7(2)9(6-11)10-8-4-3-5-8/h7-11H,3-6H2,1-2H3. The monoisotopic (exact) mass is 157 g/mol. The van der Waals surface area contributed by atoms with Crippen LogP contribution in [0.25, 0.3) is 0 Å². The van der Waals surface area contributed by atoms with Gasteiger partial charge in [0.25, 0.3) is 0 Å². The van der Waals surface area contributed by atoms with E-state index in [0.717, 1.165) is 0 Å². The Hall–Kier alpha value is -0.0800. The van der Waals surface area contributed by atoms with Gasteiger partial charge in [-0.15, -0.1) is 0 Å². The molecule has 1 fully saturated rings. The average Bonchev–Trinajstić information content (AvgIpc) is 1.85. The van der Waals surface area contributed by atoms with E-state index in [-0.39, 0.29) is 6.61 Å². The maximum absolute atomic E-state index is 9.00. The Morgan fingerprint density at radius 1 is 1.45 bits per heavy atom. The quantitative estimate of drug-likeness (QED) is 0.641. The van der Waals surface area contributed by atoms with Gasteiger partial charge in [-0.25, -0.2) is 0 Å². The fraction of sp³-hybridized carbons (Fsp3) is 1.00. The molecular formula is C9H19NO. The van der Waals surface area contributed by atoms with Gasteiger partial charge in [0.1, 0.15) is 0 Å². The number of aliphatic hydroxyl groups is 1. The fourth-order valence-corrected chi connectivity index (χ4v) is 1.33. The van der Waals surface area contributed by atoms with E-state index in [1.165, 1.54) is 19.3 Å². The Kier molecular flexibility index (Phi) is 3.34. The van der Waals surface area contributed by atoms with Crippen molar-refractivity contribution in [3.63, 3.8) is 0 Å². The van der Waals surface area contributed by atoms with E-state index < -0.39 is 0 Å². The second-order valence-electron chi connectivity index (χ2n) is 3.83. The lowest BCUT2D eigenvalue weighted by Gasteiger charge is -2.32. The average molecular weight is 157 g/mol. The zero-order valence-electron chi connectivity index (χ0n) is 7.51. The van der Waals surface area contributed by atoms with Gasteiger partial charge in [-0.1, -0.05) is 20.3 Å². The molecule has 0 saturated heterocycles. The molecule has 1 aliphatic carbocycles. The van der Waals surface area contributed by atoms with Crippen LogP contribution in [0.3, 0.4) is 0 Å². The lowest BCUT2D eigenvalue weighted by molar-refractivity contribution is 0.178. The Morgan fingerprint density at radius 2 is 2.09 bits per heavy atom. The van der Waals surface area contributed by atoms with Crippen molar-refractivity contribution in [3.05, 3.63) is 0 Å². The number of rotatable bonds is 4. The molecule has 11 heavy (non-hydrogen) atoms. The molecule has 1 rings (SSSR count). The van der Waals surface area contributed by atoms with Crippen LogP contribution in [-0.4, -0.2) is 23.8 Å². The van der Waals surface area contributed by atoms with Gasteiger partial charge in [-0.05, 0) is 18.8 Å². The summed E-state index contributed by atoms with van der Waals surface area (Å²) in [6.07, 6.45) is 3.94. The normalized spacial score (nSPS) is 21.8. The van der Waals surface area contributed by atoms with Crippen LogP contribution in [-0.2, 0) is 0 Å². The highest BCUT2D eigenvalue weighted by Crippen LogP contribution is 2.19. The van der Waals surface area contributed by atoms with Gasteiger partial charge in [-0.2, -0.15) is 0 Å². The van der Waals surface area contributed by atoms with Crippen molar-refractivity contribution in [2.45, 2.75) is 45.2 Å². The highest BCUT2D eigenvalue weighted by Gasteiger charge is 2.21. The smallest absolute Gasteiger partial charge is 0.0587 e. The molecule has 2 N–H and O–H groups in total. The molecule has 0 aromatic carbocycles. The van der Waals surface area contributed by atoms with E-state index in [4.69, 9.17) is 5.11 Å². The van der Waals surface area contributed by atoms with Gasteiger partial charge < -0.3 is 10.4 Å². The molecular weight excluding hydrogens is 138 g/mol. The predicted molar refractivity (Wildman–Crippen MR) is 46.5 cm³/mol. The molecule has 0 radical (unpaired) electrons. The van der Waals surface area contributed by atoms with Gasteiger partial charge in [-0.3, -0.25) is 0 Å². The SMILES string of the molecule is CC(C)C(CO)NC1CCC1. The summed E-state index contributed by atoms with van der Waals surface area (Å²) in [6.45, 7) is 4.56. The summed E-state index contributed by atoms with van der Waals surface area (Å²) in [4.78, 5) is 0. The topological polar surface area (TPSA) is 32.3 Å². The van der Waals surface area contributed by atoms with E-state index in [2.05, 4.69) is 19.2 Å². The third kappa shape index (κ3) is 2.46. The Balaban J connectivity index is 2.19. The summed E-state index contributed by atoms with van der Waals surface area (Å²) < 4.78 is 0. The number of hydrogen-bond acceptors (Lipinski definition) is 2. The van der Waals surface area contributed by atoms with Crippen LogP contribution in [0.4, 0.5) is 0 Å². The minimum absolute atomic E-state index is 0.272. The van der Waals surface area contributed by atoms with Crippen LogP contribution in [0.2, 0.25) is 0 Å². The van der Waals surface area contributed by atoms with Crippen LogP contribution >= 0.6 is 0 Å². The van der Waals surface area contributed by atoms with Crippen LogP contribution < -0.4 is 5.32 Å². The van der Waals surface area contributed by atoms with Crippen molar-refractivity contribution >= 4 is 0 Å². The second-order valence-corrected chi connectivity index (χ2v) is 3.83. The summed E-state index contributed by atoms with van der Waals surface area (Å²) in [5.74, 6) is 0.542. The maximum Gasteiger partial charge on any atom is 0.0587 e. The molecule has 0 aliphatic heterocycles. The molecule has 0 heterocycles. The minimum Gasteiger partial charge on any atom is -0.395 e. The lowest BCUT2D eigenvalue weighted by Crippen LogP contribution is -2.46. The first-order valence-electron chi connectivity index (χ1n) is 4.61. The van der Waals surface area contributed by atoms with Gasteiger partial charge in [0.05, 0.1) is 6.61 Å². The largest absolute Gasteiger partial charge is 0.395 e. The summed E-state index contributed by atoms with van der Waals surface area (Å²) >= 11 is 0. The zero-order chi connectivity index (χ0) is 8.27. The van der Waals surface area contributed by atoms with Crippen molar-refractivity contribution in [2.24, 2.45) is 5.92 Å². The van der Waals surface area contributed by atoms with Crippen LogP contribution in [0.1, 0.15) is 33.1 Å². The molecule has 1 saturated carbocycles. The van der Waals surface area contributed by atoms with Crippen molar-refractivity contribution in [1.82, 2.24) is 5.32 Å². The van der Waals surface area contributed by atoms with Crippen LogP contribution in [0, 0.1) is 5.92 Å². The van der Waals surface area contributed by atoms with Gasteiger partial charge >= 0.3 is 0 Å². The summed E-state index contributed by atoms with van der Waals surface area (Å²) in [5.41, 5.74) is 0. The van der Waals surface area contributed by atoms with Gasteiger partial charge in [0.2, 0.25) is 0 Å². The van der Waals surface area contributed by atoms with E-state index in [9.17, 15) is 0 Å². The number of hydrogen-bond donors (Lipinski definition) is 2. The van der Waals surface area contributed by atoms with Crippen molar-refractivity contribution in [3.8, 4) is 0 Å². The Bertz CT molecular complexity index is 110. The van der Waals surface area contributed by atoms with E-state index in [1.807, 2.05) is 0 Å². The van der Waals surface area contributed by atoms with Gasteiger partial charge in [0.15, 0.2) is 0 Å². The van der Waals surface area contributed by atoms with Crippen molar-refractivity contribution < 1.29 is 5.11 Å². The lowest BCUT2D eigenvalue weighted by atomic mass is 9.91. The Morgan fingerprint density at radius 3 is 2.36 bits per heavy atom. The molecule has 66 valence electrons. The third-order valence-corrected chi connectivity index (χ3v) is 2.56. The van der Waals surface area contributed by atoms with E-state index in [0.29, 0.717) is 18.0 Å². The molecule has 0 bridgehead atoms. The molecule has 1 aliphatic rings. The first-order chi connectivity index (χ1) is 5.24.